The van der Waals surface area contributed by atoms with Gasteiger partial charge in [-0.3, -0.25) is 4.79 Å². The number of carbonyl (C=O) groups is 1. The van der Waals surface area contributed by atoms with Gasteiger partial charge >= 0.3 is 0 Å². The molecule has 144 valence electrons. The Bertz CT molecular complexity index is 973. The van der Waals surface area contributed by atoms with E-state index in [1.54, 1.807) is 23.7 Å². The van der Waals surface area contributed by atoms with Crippen molar-refractivity contribution in [3.05, 3.63) is 45.9 Å². The summed E-state index contributed by atoms with van der Waals surface area (Å²) in [5.74, 6) is 9.40. The zero-order chi connectivity index (χ0) is 19.1. The van der Waals surface area contributed by atoms with Crippen LogP contribution >= 0.6 is 11.3 Å². The van der Waals surface area contributed by atoms with E-state index in [1.165, 1.54) is 4.88 Å². The highest BCUT2D eigenvalue weighted by atomic mass is 32.1. The van der Waals surface area contributed by atoms with Gasteiger partial charge in [0.05, 0.1) is 4.88 Å². The predicted octanol–water partition coefficient (Wildman–Crippen LogP) is 3.42. The van der Waals surface area contributed by atoms with Crippen LogP contribution in [0.4, 0.5) is 5.95 Å². The van der Waals surface area contributed by atoms with Gasteiger partial charge in [0.1, 0.15) is 5.92 Å². The summed E-state index contributed by atoms with van der Waals surface area (Å²) < 4.78 is 0. The number of piperidine rings is 1. The number of amides is 1. The number of thiophene rings is 1. The molecule has 1 aliphatic heterocycles. The fraction of sp³-hybridized carbons (Fsp3) is 0.409. The van der Waals surface area contributed by atoms with E-state index in [0.29, 0.717) is 0 Å². The number of hydrogen-bond acceptors (Lipinski definition) is 5. The van der Waals surface area contributed by atoms with Gasteiger partial charge in [0.2, 0.25) is 5.95 Å². The van der Waals surface area contributed by atoms with Crippen molar-refractivity contribution in [2.75, 3.05) is 24.5 Å². The lowest BCUT2D eigenvalue weighted by atomic mass is 10.1. The van der Waals surface area contributed by atoms with E-state index in [0.717, 1.165) is 60.2 Å². The van der Waals surface area contributed by atoms with E-state index < -0.39 is 0 Å². The van der Waals surface area contributed by atoms with Crippen molar-refractivity contribution < 1.29 is 6.22 Å². The number of nitrogens with zero attached hydrogens (tertiary/aromatic N) is 3. The quantitative estimate of drug-likeness (QED) is 0.734. The zero-order valence-corrected chi connectivity index (χ0v) is 16.6. The Morgan fingerprint density at radius 2 is 2.11 bits per heavy atom. The van der Waals surface area contributed by atoms with Crippen molar-refractivity contribution >= 4 is 29.3 Å². The van der Waals surface area contributed by atoms with Crippen molar-refractivity contribution in [2.45, 2.75) is 19.3 Å². The highest BCUT2D eigenvalue weighted by Gasteiger charge is 2.55. The Kier molecular flexibility index (Phi) is 4.40. The molecule has 3 aliphatic rings. The lowest BCUT2D eigenvalue weighted by molar-refractivity contribution is 0.0956. The second-order valence-electron chi connectivity index (χ2n) is 7.64. The van der Waals surface area contributed by atoms with E-state index in [1.807, 2.05) is 25.1 Å². The van der Waals surface area contributed by atoms with Crippen LogP contribution in [0.3, 0.4) is 0 Å². The summed E-state index contributed by atoms with van der Waals surface area (Å²) in [7, 11) is 0. The molecule has 0 radical (unpaired) electrons. The minimum Gasteiger partial charge on any atom is -0.351 e. The van der Waals surface area contributed by atoms with E-state index in [-0.39, 0.29) is 13.3 Å². The number of rotatable bonds is 7. The molecule has 3 heterocycles. The topological polar surface area (TPSA) is 58.1 Å². The molecule has 5 rings (SSSR count). The zero-order valence-electron chi connectivity index (χ0n) is 15.8. The van der Waals surface area contributed by atoms with Crippen LogP contribution in [-0.2, 0) is 0 Å². The molecule has 1 N–H and O–H groups in total. The largest absolute Gasteiger partial charge is 0.351 e. The van der Waals surface area contributed by atoms with Crippen molar-refractivity contribution in [3.8, 4) is 11.8 Å². The third-order valence-corrected chi connectivity index (χ3v) is 7.10. The van der Waals surface area contributed by atoms with Crippen molar-refractivity contribution in [2.24, 2.45) is 17.8 Å². The standard InChI is InChI=1S/C22H22N4OS.H2/c1-2-4-15-11-19(28-20(15)14-5-6-14)21(27)23-10-7-16-17-12-26(13-18(16)17)22-24-8-3-9-25-22;/h2-4,8-9,11,14,16-18H,7,10,12-13H2,1H3,(H,23,27);1H/b4-2-;/t16?,17-,18+;. The molecular weight excluding hydrogens is 368 g/mol. The summed E-state index contributed by atoms with van der Waals surface area (Å²) in [5, 5.41) is 3.11. The minimum atomic E-state index is 0. The fourth-order valence-corrected chi connectivity index (χ4v) is 5.44. The molecule has 2 aromatic rings. The van der Waals surface area contributed by atoms with Crippen molar-refractivity contribution in [1.82, 2.24) is 15.3 Å². The summed E-state index contributed by atoms with van der Waals surface area (Å²) in [4.78, 5) is 25.5. The van der Waals surface area contributed by atoms with Crippen LogP contribution in [0.1, 0.15) is 40.8 Å². The molecule has 0 aromatic carbocycles. The average molecular weight is 393 g/mol. The van der Waals surface area contributed by atoms with Gasteiger partial charge in [0, 0.05) is 38.3 Å². The first-order valence-electron chi connectivity index (χ1n) is 9.82. The van der Waals surface area contributed by atoms with Crippen molar-refractivity contribution in [1.29, 1.82) is 0 Å². The molecule has 1 saturated carbocycles. The number of allylic oxidation sites excluding steroid dienone is 1. The van der Waals surface area contributed by atoms with Crippen LogP contribution in [0, 0.1) is 29.6 Å². The van der Waals surface area contributed by atoms with Gasteiger partial charge in [0.25, 0.3) is 5.91 Å². The summed E-state index contributed by atoms with van der Waals surface area (Å²) >= 11 is 1.56. The van der Waals surface area contributed by atoms with Gasteiger partial charge in [-0.1, -0.05) is 24.0 Å². The van der Waals surface area contributed by atoms with Crippen LogP contribution in [0.15, 0.2) is 30.6 Å². The molecule has 28 heavy (non-hydrogen) atoms. The van der Waals surface area contributed by atoms with E-state index in [9.17, 15) is 4.79 Å². The van der Waals surface area contributed by atoms with Crippen molar-refractivity contribution in [3.63, 3.8) is 0 Å². The Morgan fingerprint density at radius 3 is 2.79 bits per heavy atom. The summed E-state index contributed by atoms with van der Waals surface area (Å²) in [5.41, 5.74) is 1.11. The first-order valence-corrected chi connectivity index (χ1v) is 10.6. The molecule has 0 bridgehead atoms. The number of hydrogen-bond donors (Lipinski definition) is 1. The molecule has 1 unspecified atom stereocenters. The first kappa shape index (κ1) is 17.4. The highest BCUT2D eigenvalue weighted by Crippen LogP contribution is 2.53. The summed E-state index contributed by atoms with van der Waals surface area (Å²) in [6.45, 7) is 4.81. The molecule has 1 saturated heterocycles. The molecule has 3 atom stereocenters. The molecule has 1 amide bonds. The normalized spacial score (nSPS) is 24.8. The molecular formula is C22H24N4OS. The van der Waals surface area contributed by atoms with Gasteiger partial charge in [-0.2, -0.15) is 0 Å². The second kappa shape index (κ2) is 7.06. The highest BCUT2D eigenvalue weighted by molar-refractivity contribution is 7.14. The summed E-state index contributed by atoms with van der Waals surface area (Å²) in [6, 6.07) is 3.84. The number of carbonyl (C=O) groups excluding carboxylic acids is 1. The molecule has 5 nitrogen and oxygen atoms in total. The van der Waals surface area contributed by atoms with Crippen LogP contribution in [0.2, 0.25) is 0 Å². The Hall–Kier alpha value is -2.65. The van der Waals surface area contributed by atoms with Gasteiger partial charge < -0.3 is 10.2 Å². The summed E-state index contributed by atoms with van der Waals surface area (Å²) in [6.07, 6.45) is 8.71. The molecule has 2 fully saturated rings. The average Bonchev–Trinajstić information content (AvgIpc) is 3.57. The Labute approximate surface area is 170 Å². The smallest absolute Gasteiger partial charge is 0.261 e. The monoisotopic (exact) mass is 392 g/mol. The predicted molar refractivity (Wildman–Crippen MR) is 113 cm³/mol. The minimum absolute atomic E-state index is 0. The van der Waals surface area contributed by atoms with E-state index in [2.05, 4.69) is 38.1 Å². The first-order chi connectivity index (χ1) is 13.7. The van der Waals surface area contributed by atoms with Crippen LogP contribution in [-0.4, -0.2) is 35.5 Å². The third kappa shape index (κ3) is 3.31. The maximum Gasteiger partial charge on any atom is 0.261 e. The third-order valence-electron chi connectivity index (χ3n) is 5.88. The molecule has 0 spiro atoms. The Morgan fingerprint density at radius 1 is 1.36 bits per heavy atom. The fourth-order valence-electron chi connectivity index (χ4n) is 4.37. The maximum absolute atomic E-state index is 12.6. The number of fused-ring (bicyclic) bond motifs is 1. The second-order valence-corrected chi connectivity index (χ2v) is 8.73. The number of nitrogens with one attached hydrogen (secondary N) is 1. The molecule has 6 heteroatoms. The van der Waals surface area contributed by atoms with Crippen LogP contribution in [0.5, 0.6) is 0 Å². The van der Waals surface area contributed by atoms with E-state index in [4.69, 9.17) is 0 Å². The van der Waals surface area contributed by atoms with Gasteiger partial charge in [-0.15, -0.1) is 11.3 Å². The van der Waals surface area contributed by atoms with Crippen LogP contribution in [0.25, 0.3) is 6.08 Å². The maximum atomic E-state index is 12.6. The lowest BCUT2D eigenvalue weighted by Gasteiger charge is -2.19. The molecule has 2 aliphatic carbocycles. The SMILES string of the molecule is C/C=C\c1cc(C(=O)NCCC2[C@H]3CN(c4ncccn4)C[C@@H]23)sc1C1C#C1.[HH]. The number of aromatic nitrogens is 2. The Balaban J connectivity index is 0.00000205. The van der Waals surface area contributed by atoms with Crippen LogP contribution < -0.4 is 10.2 Å². The lowest BCUT2D eigenvalue weighted by Crippen LogP contribution is -2.28. The number of anilines is 1. The van der Waals surface area contributed by atoms with Gasteiger partial charge in [0.15, 0.2) is 0 Å². The van der Waals surface area contributed by atoms with Gasteiger partial charge in [-0.05, 0) is 48.8 Å². The van der Waals surface area contributed by atoms with E-state index >= 15 is 0 Å². The van der Waals surface area contributed by atoms with Gasteiger partial charge in [-0.25, -0.2) is 9.97 Å². The molecule has 2 aromatic heterocycles.